The molecule has 0 fully saturated rings. The number of rotatable bonds is 63. The Morgan fingerprint density at radius 1 is 0.256 bits per heavy atom. The molecule has 0 radical (unpaired) electrons. The standard InChI is InChI=1S/C76H130O6/c1-4-7-10-13-16-19-21-23-25-27-29-31-33-34-35-36-37-38-39-40-41-42-44-45-47-49-51-53-55-57-60-63-66-69-75(78)81-72-73(71-80-74(77)68-65-62-59-18-15-12-9-6-3)82-76(79)70-67-64-61-58-56-54-52-50-48-46-43-32-30-28-26-24-22-20-17-14-11-8-5-2/h7,10,16,19,22-25,28-31,34-35,37-38,40-41,73H,4-6,8-9,11-15,17-18,20-21,26-27,32-33,36,39,42-72H2,1-3H3/b10-7-,19-16-,24-22-,25-23-,30-28-,31-29-,35-34-,38-37-,41-40-. The Morgan fingerprint density at radius 3 is 0.744 bits per heavy atom. The third-order valence-corrected chi connectivity index (χ3v) is 15.0. The second-order valence-electron chi connectivity index (χ2n) is 23.1. The maximum atomic E-state index is 12.9. The minimum atomic E-state index is -0.779. The molecule has 0 aromatic rings. The molecule has 6 nitrogen and oxygen atoms in total. The molecule has 0 spiro atoms. The van der Waals surface area contributed by atoms with Crippen molar-refractivity contribution in [2.24, 2.45) is 0 Å². The topological polar surface area (TPSA) is 78.9 Å². The number of hydrogen-bond acceptors (Lipinski definition) is 6. The first kappa shape index (κ1) is 78.1. The molecule has 0 N–H and O–H groups in total. The van der Waals surface area contributed by atoms with Gasteiger partial charge in [0.15, 0.2) is 6.10 Å². The first-order valence-corrected chi connectivity index (χ1v) is 34.9. The molecule has 0 aliphatic carbocycles. The Labute approximate surface area is 508 Å². The van der Waals surface area contributed by atoms with Gasteiger partial charge in [-0.15, -0.1) is 0 Å². The van der Waals surface area contributed by atoms with Gasteiger partial charge in [0.1, 0.15) is 13.2 Å². The number of esters is 3. The average molecular weight is 1140 g/mol. The van der Waals surface area contributed by atoms with Crippen molar-refractivity contribution in [3.8, 4) is 0 Å². The number of unbranched alkanes of at least 4 members (excludes halogenated alkanes) is 34. The fourth-order valence-electron chi connectivity index (χ4n) is 9.81. The van der Waals surface area contributed by atoms with Crippen LogP contribution >= 0.6 is 0 Å². The molecule has 6 heteroatoms. The lowest BCUT2D eigenvalue weighted by Crippen LogP contribution is -2.30. The molecule has 0 aliphatic heterocycles. The lowest BCUT2D eigenvalue weighted by Gasteiger charge is -2.18. The van der Waals surface area contributed by atoms with Crippen molar-refractivity contribution in [2.75, 3.05) is 13.2 Å². The van der Waals surface area contributed by atoms with Crippen molar-refractivity contribution in [2.45, 2.75) is 341 Å². The van der Waals surface area contributed by atoms with Gasteiger partial charge < -0.3 is 14.2 Å². The average Bonchev–Trinajstić information content (AvgIpc) is 3.47. The second kappa shape index (κ2) is 69.6. The lowest BCUT2D eigenvalue weighted by atomic mass is 10.0. The Balaban J connectivity index is 4.13. The predicted octanol–water partition coefficient (Wildman–Crippen LogP) is 24.2. The summed E-state index contributed by atoms with van der Waals surface area (Å²) in [6, 6.07) is 0. The number of allylic oxidation sites excluding steroid dienone is 18. The SMILES string of the molecule is CC/C=C\C/C=C\C/C=C\C/C=C\C/C=C\C/C=C\C/C=C\CCCCCCCCCCCCCC(=O)OCC(COC(=O)CCCCCCCCCC)OC(=O)CCCCCCCCCCCCC/C=C\C/C=C\CCCCCCC. The molecule has 0 aliphatic rings. The summed E-state index contributed by atoms with van der Waals surface area (Å²) in [4.78, 5) is 38.2. The van der Waals surface area contributed by atoms with E-state index < -0.39 is 6.10 Å². The van der Waals surface area contributed by atoms with Gasteiger partial charge in [0.2, 0.25) is 0 Å². The van der Waals surface area contributed by atoms with E-state index in [0.717, 1.165) is 109 Å². The second-order valence-corrected chi connectivity index (χ2v) is 23.1. The molecule has 0 aromatic carbocycles. The number of hydrogen-bond donors (Lipinski definition) is 0. The fraction of sp³-hybridized carbons (Fsp3) is 0.724. The minimum Gasteiger partial charge on any atom is -0.462 e. The van der Waals surface area contributed by atoms with Crippen molar-refractivity contribution in [3.63, 3.8) is 0 Å². The van der Waals surface area contributed by atoms with E-state index in [-0.39, 0.29) is 31.1 Å². The largest absolute Gasteiger partial charge is 0.462 e. The van der Waals surface area contributed by atoms with Gasteiger partial charge in [-0.05, 0) is 109 Å². The molecule has 0 aromatic heterocycles. The van der Waals surface area contributed by atoms with Gasteiger partial charge in [-0.3, -0.25) is 14.4 Å². The van der Waals surface area contributed by atoms with Gasteiger partial charge in [-0.2, -0.15) is 0 Å². The van der Waals surface area contributed by atoms with E-state index >= 15 is 0 Å². The van der Waals surface area contributed by atoms with Gasteiger partial charge in [0, 0.05) is 19.3 Å². The van der Waals surface area contributed by atoms with Crippen LogP contribution in [0, 0.1) is 0 Å². The Morgan fingerprint density at radius 2 is 0.476 bits per heavy atom. The van der Waals surface area contributed by atoms with Crippen LogP contribution in [0.5, 0.6) is 0 Å². The summed E-state index contributed by atoms with van der Waals surface area (Å²) in [5, 5.41) is 0. The van der Waals surface area contributed by atoms with Gasteiger partial charge in [0.25, 0.3) is 0 Å². The first-order valence-electron chi connectivity index (χ1n) is 34.9. The van der Waals surface area contributed by atoms with Gasteiger partial charge in [0.05, 0.1) is 0 Å². The molecule has 0 rings (SSSR count). The quantitative estimate of drug-likeness (QED) is 0.0261. The smallest absolute Gasteiger partial charge is 0.306 e. The summed E-state index contributed by atoms with van der Waals surface area (Å²) in [5.41, 5.74) is 0. The molecular formula is C76H130O6. The molecule has 82 heavy (non-hydrogen) atoms. The molecule has 1 atom stereocenters. The van der Waals surface area contributed by atoms with E-state index in [1.807, 2.05) is 0 Å². The van der Waals surface area contributed by atoms with Crippen LogP contribution < -0.4 is 0 Å². The highest BCUT2D eigenvalue weighted by Gasteiger charge is 2.19. The Bertz CT molecular complexity index is 1640. The van der Waals surface area contributed by atoms with Gasteiger partial charge in [-0.25, -0.2) is 0 Å². The van der Waals surface area contributed by atoms with Crippen LogP contribution in [-0.2, 0) is 28.6 Å². The molecular weight excluding hydrogens is 1010 g/mol. The highest BCUT2D eigenvalue weighted by atomic mass is 16.6. The monoisotopic (exact) mass is 1140 g/mol. The summed E-state index contributed by atoms with van der Waals surface area (Å²) in [5.74, 6) is -0.875. The maximum Gasteiger partial charge on any atom is 0.306 e. The van der Waals surface area contributed by atoms with Crippen LogP contribution in [0.3, 0.4) is 0 Å². The molecule has 0 amide bonds. The third kappa shape index (κ3) is 66.9. The number of carbonyl (C=O) groups is 3. The number of ether oxygens (including phenoxy) is 3. The number of carbonyl (C=O) groups excluding carboxylic acids is 3. The summed E-state index contributed by atoms with van der Waals surface area (Å²) >= 11 is 0. The van der Waals surface area contributed by atoms with Gasteiger partial charge >= 0.3 is 17.9 Å². The minimum absolute atomic E-state index is 0.0766. The van der Waals surface area contributed by atoms with Crippen molar-refractivity contribution in [3.05, 3.63) is 109 Å². The highest BCUT2D eigenvalue weighted by Crippen LogP contribution is 2.17. The molecule has 0 saturated carbocycles. The zero-order valence-corrected chi connectivity index (χ0v) is 54.0. The van der Waals surface area contributed by atoms with Gasteiger partial charge in [-0.1, -0.05) is 316 Å². The third-order valence-electron chi connectivity index (χ3n) is 15.0. The van der Waals surface area contributed by atoms with Crippen molar-refractivity contribution < 1.29 is 28.6 Å². The Kier molecular flexibility index (Phi) is 66.2. The zero-order valence-electron chi connectivity index (χ0n) is 54.0. The van der Waals surface area contributed by atoms with Crippen molar-refractivity contribution in [1.82, 2.24) is 0 Å². The summed E-state index contributed by atoms with van der Waals surface area (Å²) in [6.07, 6.45) is 95.6. The van der Waals surface area contributed by atoms with E-state index in [1.165, 1.54) is 186 Å². The van der Waals surface area contributed by atoms with Crippen LogP contribution in [0.25, 0.3) is 0 Å². The van der Waals surface area contributed by atoms with Crippen molar-refractivity contribution >= 4 is 17.9 Å². The maximum absolute atomic E-state index is 12.9. The normalized spacial score (nSPS) is 12.8. The van der Waals surface area contributed by atoms with Crippen molar-refractivity contribution in [1.29, 1.82) is 0 Å². The molecule has 0 bridgehead atoms. The van der Waals surface area contributed by atoms with E-state index in [9.17, 15) is 14.4 Å². The van der Waals surface area contributed by atoms with E-state index in [1.54, 1.807) is 0 Å². The molecule has 0 saturated heterocycles. The van der Waals surface area contributed by atoms with Crippen LogP contribution in [0.4, 0.5) is 0 Å². The summed E-state index contributed by atoms with van der Waals surface area (Å²) in [6.45, 7) is 6.51. The first-order chi connectivity index (χ1) is 40.5. The van der Waals surface area contributed by atoms with Crippen LogP contribution in [0.2, 0.25) is 0 Å². The predicted molar refractivity (Wildman–Crippen MR) is 357 cm³/mol. The fourth-order valence-corrected chi connectivity index (χ4v) is 9.81. The summed E-state index contributed by atoms with van der Waals surface area (Å²) < 4.78 is 16.9. The van der Waals surface area contributed by atoms with E-state index in [0.29, 0.717) is 19.3 Å². The van der Waals surface area contributed by atoms with Crippen LogP contribution in [0.1, 0.15) is 335 Å². The Hall–Kier alpha value is -3.93. The molecule has 0 heterocycles. The van der Waals surface area contributed by atoms with E-state index in [4.69, 9.17) is 14.2 Å². The molecule has 470 valence electrons. The lowest BCUT2D eigenvalue weighted by molar-refractivity contribution is -0.167. The highest BCUT2D eigenvalue weighted by molar-refractivity contribution is 5.71. The van der Waals surface area contributed by atoms with Crippen LogP contribution in [0.15, 0.2) is 109 Å². The zero-order chi connectivity index (χ0) is 59.2. The summed E-state index contributed by atoms with van der Waals surface area (Å²) in [7, 11) is 0. The molecule has 1 unspecified atom stereocenters. The van der Waals surface area contributed by atoms with Crippen LogP contribution in [-0.4, -0.2) is 37.2 Å². The van der Waals surface area contributed by atoms with E-state index in [2.05, 4.69) is 130 Å².